The van der Waals surface area contributed by atoms with E-state index in [-0.39, 0.29) is 28.7 Å². The summed E-state index contributed by atoms with van der Waals surface area (Å²) < 4.78 is 54.5. The fourth-order valence-corrected chi connectivity index (χ4v) is 6.47. The molecule has 3 aromatic carbocycles. The highest BCUT2D eigenvalue weighted by Crippen LogP contribution is 2.46. The molecule has 3 aromatic rings. The molecule has 4 nitrogen and oxygen atoms in total. The summed E-state index contributed by atoms with van der Waals surface area (Å²) in [6, 6.07) is 18.9. The molecule has 154 valence electrons. The molecule has 0 saturated carbocycles. The summed E-state index contributed by atoms with van der Waals surface area (Å²) in [5.41, 5.74) is 2.78. The topological polar surface area (TPSA) is 49.4 Å². The van der Waals surface area contributed by atoms with Crippen molar-refractivity contribution in [3.05, 3.63) is 90.0 Å². The highest BCUT2D eigenvalue weighted by atomic mass is 32.2. The fourth-order valence-electron chi connectivity index (χ4n) is 4.63. The minimum atomic E-state index is -3.69. The van der Waals surface area contributed by atoms with Gasteiger partial charge < -0.3 is 5.32 Å². The zero-order valence-corrected chi connectivity index (χ0v) is 16.8. The van der Waals surface area contributed by atoms with Crippen molar-refractivity contribution in [1.29, 1.82) is 0 Å². The number of halogens is 2. The first-order chi connectivity index (χ1) is 14.4. The second kappa shape index (κ2) is 7.27. The van der Waals surface area contributed by atoms with Crippen LogP contribution in [0, 0.1) is 11.6 Å². The predicted octanol–water partition coefficient (Wildman–Crippen LogP) is 3.76. The third kappa shape index (κ3) is 3.14. The average Bonchev–Trinajstić information content (AvgIpc) is 2.75. The lowest BCUT2D eigenvalue weighted by Gasteiger charge is -2.57. The van der Waals surface area contributed by atoms with Crippen LogP contribution in [0.5, 0.6) is 0 Å². The first-order valence-electron chi connectivity index (χ1n) is 9.81. The Kier molecular flexibility index (Phi) is 4.69. The molecule has 0 radical (unpaired) electrons. The maximum absolute atomic E-state index is 13.5. The Bertz CT molecular complexity index is 1170. The molecule has 2 saturated heterocycles. The Labute approximate surface area is 174 Å². The Morgan fingerprint density at radius 1 is 0.800 bits per heavy atom. The van der Waals surface area contributed by atoms with Crippen LogP contribution in [-0.2, 0) is 10.0 Å². The molecule has 3 atom stereocenters. The van der Waals surface area contributed by atoms with Gasteiger partial charge in [-0.25, -0.2) is 17.2 Å². The number of piperidine rings is 1. The highest BCUT2D eigenvalue weighted by Gasteiger charge is 2.56. The van der Waals surface area contributed by atoms with E-state index in [9.17, 15) is 17.2 Å². The molecule has 30 heavy (non-hydrogen) atoms. The molecule has 0 aromatic heterocycles. The number of nitrogens with zero attached hydrogens (tertiary/aromatic N) is 1. The fraction of sp³-hybridized carbons (Fsp3) is 0.217. The first kappa shape index (κ1) is 19.4. The number of piperazine rings is 1. The van der Waals surface area contributed by atoms with Gasteiger partial charge in [0.1, 0.15) is 11.6 Å². The largest absolute Gasteiger partial charge is 0.313 e. The van der Waals surface area contributed by atoms with Crippen LogP contribution in [0.3, 0.4) is 0 Å². The van der Waals surface area contributed by atoms with Crippen LogP contribution in [0.15, 0.2) is 77.7 Å². The Balaban J connectivity index is 1.41. The molecule has 1 unspecified atom stereocenters. The van der Waals surface area contributed by atoms with Crippen LogP contribution >= 0.6 is 0 Å². The summed E-state index contributed by atoms with van der Waals surface area (Å²) in [6.45, 7) is 1.13. The summed E-state index contributed by atoms with van der Waals surface area (Å²) in [5.74, 6) is -0.656. The zero-order chi connectivity index (χ0) is 20.9. The summed E-state index contributed by atoms with van der Waals surface area (Å²) >= 11 is 0. The summed E-state index contributed by atoms with van der Waals surface area (Å²) in [5, 5.41) is 3.28. The molecule has 0 amide bonds. The van der Waals surface area contributed by atoms with Crippen molar-refractivity contribution in [3.63, 3.8) is 0 Å². The molecule has 1 N–H and O–H groups in total. The van der Waals surface area contributed by atoms with E-state index < -0.39 is 15.8 Å². The molecule has 5 rings (SSSR count). The average molecular weight is 426 g/mol. The van der Waals surface area contributed by atoms with Crippen LogP contribution in [-0.4, -0.2) is 37.9 Å². The normalized spacial score (nSPS) is 23.7. The van der Waals surface area contributed by atoms with Gasteiger partial charge in [-0.1, -0.05) is 36.4 Å². The lowest BCUT2D eigenvalue weighted by Crippen LogP contribution is -2.73. The quantitative estimate of drug-likeness (QED) is 0.691. The van der Waals surface area contributed by atoms with Gasteiger partial charge in [-0.05, 0) is 53.1 Å². The zero-order valence-electron chi connectivity index (χ0n) is 16.0. The second-order valence-electron chi connectivity index (χ2n) is 7.74. The molecule has 2 heterocycles. The van der Waals surface area contributed by atoms with Crippen LogP contribution in [0.1, 0.15) is 11.5 Å². The van der Waals surface area contributed by atoms with Gasteiger partial charge in [0, 0.05) is 31.1 Å². The minimum Gasteiger partial charge on any atom is -0.313 e. The summed E-state index contributed by atoms with van der Waals surface area (Å²) in [6.07, 6.45) is 0. The molecular weight excluding hydrogens is 406 g/mol. The SMILES string of the molecule is O=S(=O)(c1ccc(F)cc1)N1[C@@H]2CNC[C@H]1C2c1ccc(-c2cccc(F)c2)cc1. The van der Waals surface area contributed by atoms with Gasteiger partial charge in [-0.15, -0.1) is 0 Å². The van der Waals surface area contributed by atoms with Crippen molar-refractivity contribution in [3.8, 4) is 11.1 Å². The van der Waals surface area contributed by atoms with Crippen LogP contribution < -0.4 is 5.32 Å². The predicted molar refractivity (Wildman–Crippen MR) is 110 cm³/mol. The van der Waals surface area contributed by atoms with Crippen molar-refractivity contribution in [1.82, 2.24) is 9.62 Å². The molecule has 7 heteroatoms. The van der Waals surface area contributed by atoms with Crippen molar-refractivity contribution < 1.29 is 17.2 Å². The third-order valence-corrected chi connectivity index (χ3v) is 8.00. The van der Waals surface area contributed by atoms with Crippen LogP contribution in [0.4, 0.5) is 8.78 Å². The number of benzene rings is 3. The number of hydrogen-bond acceptors (Lipinski definition) is 3. The highest BCUT2D eigenvalue weighted by molar-refractivity contribution is 7.89. The van der Waals surface area contributed by atoms with Crippen molar-refractivity contribution in [2.75, 3.05) is 13.1 Å². The Hall–Kier alpha value is -2.61. The van der Waals surface area contributed by atoms with E-state index in [1.54, 1.807) is 10.4 Å². The number of nitrogens with one attached hydrogen (secondary N) is 1. The number of hydrogen-bond donors (Lipinski definition) is 1. The smallest absolute Gasteiger partial charge is 0.243 e. The Morgan fingerprint density at radius 2 is 1.47 bits per heavy atom. The minimum absolute atomic E-state index is 0.0861. The lowest BCUT2D eigenvalue weighted by atomic mass is 9.74. The molecule has 0 aliphatic carbocycles. The van der Waals surface area contributed by atoms with E-state index in [1.807, 2.05) is 30.3 Å². The first-order valence-corrected chi connectivity index (χ1v) is 11.2. The van der Waals surface area contributed by atoms with Gasteiger partial charge in [0.2, 0.25) is 10.0 Å². The van der Waals surface area contributed by atoms with E-state index in [0.29, 0.717) is 13.1 Å². The molecule has 2 aliphatic rings. The standard InChI is InChI=1S/C23H20F2N2O2S/c24-18-8-10-20(11-9-18)30(28,29)27-21-13-26-14-22(27)23(21)16-6-4-15(5-7-16)17-2-1-3-19(25)12-17/h1-12,21-23,26H,13-14H2/t21-,22+,23?. The van der Waals surface area contributed by atoms with Crippen molar-refractivity contribution in [2.45, 2.75) is 22.9 Å². The van der Waals surface area contributed by atoms with E-state index in [4.69, 9.17) is 0 Å². The molecule has 2 fully saturated rings. The van der Waals surface area contributed by atoms with Crippen molar-refractivity contribution in [2.24, 2.45) is 0 Å². The van der Waals surface area contributed by atoms with Gasteiger partial charge >= 0.3 is 0 Å². The van der Waals surface area contributed by atoms with Gasteiger partial charge in [-0.2, -0.15) is 4.31 Å². The summed E-state index contributed by atoms with van der Waals surface area (Å²) in [4.78, 5) is 0.112. The molecule has 2 aliphatic heterocycles. The van der Waals surface area contributed by atoms with E-state index in [0.717, 1.165) is 16.7 Å². The van der Waals surface area contributed by atoms with Gasteiger partial charge in [-0.3, -0.25) is 0 Å². The van der Waals surface area contributed by atoms with Crippen molar-refractivity contribution >= 4 is 10.0 Å². The third-order valence-electron chi connectivity index (χ3n) is 6.03. The Morgan fingerprint density at radius 3 is 2.10 bits per heavy atom. The van der Waals surface area contributed by atoms with Gasteiger partial charge in [0.15, 0.2) is 0 Å². The van der Waals surface area contributed by atoms with E-state index in [2.05, 4.69) is 5.32 Å². The molecule has 2 bridgehead atoms. The second-order valence-corrected chi connectivity index (χ2v) is 9.58. The molecule has 0 spiro atoms. The number of sulfonamides is 1. The van der Waals surface area contributed by atoms with Crippen LogP contribution in [0.25, 0.3) is 11.1 Å². The number of rotatable bonds is 4. The van der Waals surface area contributed by atoms with Gasteiger partial charge in [0.05, 0.1) is 4.90 Å². The maximum Gasteiger partial charge on any atom is 0.243 e. The monoisotopic (exact) mass is 426 g/mol. The maximum atomic E-state index is 13.5. The van der Waals surface area contributed by atoms with E-state index in [1.165, 1.54) is 36.4 Å². The lowest BCUT2D eigenvalue weighted by molar-refractivity contribution is 0.0370. The summed E-state index contributed by atoms with van der Waals surface area (Å²) in [7, 11) is -3.69. The van der Waals surface area contributed by atoms with E-state index >= 15 is 0 Å². The molecular formula is C23H20F2N2O2S. The van der Waals surface area contributed by atoms with Gasteiger partial charge in [0.25, 0.3) is 0 Å². The van der Waals surface area contributed by atoms with Crippen LogP contribution in [0.2, 0.25) is 0 Å². The number of fused-ring (bicyclic) bond motifs is 2.